The van der Waals surface area contributed by atoms with E-state index in [1.807, 2.05) is 26.0 Å². The molecule has 2 heterocycles. The van der Waals surface area contributed by atoms with Crippen LogP contribution in [0.3, 0.4) is 0 Å². The predicted molar refractivity (Wildman–Crippen MR) is 126 cm³/mol. The molecule has 1 aliphatic heterocycles. The fourth-order valence-electron chi connectivity index (χ4n) is 4.22. The Labute approximate surface area is 194 Å². The first-order valence-electron chi connectivity index (χ1n) is 11.3. The zero-order valence-electron chi connectivity index (χ0n) is 19.9. The molecule has 33 heavy (non-hydrogen) atoms. The lowest BCUT2D eigenvalue weighted by atomic mass is 9.91. The van der Waals surface area contributed by atoms with Crippen molar-refractivity contribution in [2.45, 2.75) is 39.2 Å². The first-order chi connectivity index (χ1) is 15.8. The van der Waals surface area contributed by atoms with Gasteiger partial charge in [-0.3, -0.25) is 14.5 Å². The van der Waals surface area contributed by atoms with Crippen LogP contribution in [0.4, 0.5) is 5.69 Å². The van der Waals surface area contributed by atoms with E-state index in [4.69, 9.17) is 13.9 Å². The van der Waals surface area contributed by atoms with Gasteiger partial charge in [0, 0.05) is 43.9 Å². The Morgan fingerprint density at radius 3 is 2.36 bits per heavy atom. The fraction of sp³-hybridized carbons (Fsp3) is 0.520. The van der Waals surface area contributed by atoms with Crippen LogP contribution in [0.1, 0.15) is 44.1 Å². The molecule has 1 saturated heterocycles. The van der Waals surface area contributed by atoms with Crippen molar-refractivity contribution < 1.29 is 23.8 Å². The van der Waals surface area contributed by atoms with Crippen molar-refractivity contribution in [1.29, 1.82) is 0 Å². The highest BCUT2D eigenvalue weighted by Crippen LogP contribution is 2.33. The maximum absolute atomic E-state index is 12.5. The van der Waals surface area contributed by atoms with Gasteiger partial charge in [-0.1, -0.05) is 13.8 Å². The molecule has 8 heteroatoms. The number of nitrogens with zero attached hydrogens (tertiary/aromatic N) is 2. The Hall–Kier alpha value is -3.00. The molecule has 0 amide bonds. The molecule has 1 aromatic heterocycles. The molecule has 1 aliphatic rings. The van der Waals surface area contributed by atoms with Crippen molar-refractivity contribution in [3.63, 3.8) is 0 Å². The number of carbonyl (C=O) groups is 1. The highest BCUT2D eigenvalue weighted by Gasteiger charge is 2.26. The smallest absolute Gasteiger partial charge is 0.306 e. The second-order valence-corrected chi connectivity index (χ2v) is 8.86. The molecule has 1 aromatic carbocycles. The minimum atomic E-state index is -0.484. The van der Waals surface area contributed by atoms with Crippen LogP contribution >= 0.6 is 0 Å². The van der Waals surface area contributed by atoms with Gasteiger partial charge < -0.3 is 23.9 Å². The number of methoxy groups -OCH3 is 2. The number of aromatic hydroxyl groups is 1. The number of benzene rings is 1. The number of ether oxygens (including phenoxy) is 2. The third kappa shape index (κ3) is 6.51. The molecular formula is C25H34N2O6. The highest BCUT2D eigenvalue weighted by atomic mass is 16.5. The molecule has 0 aliphatic carbocycles. The van der Waals surface area contributed by atoms with E-state index >= 15 is 0 Å². The summed E-state index contributed by atoms with van der Waals surface area (Å²) in [6.07, 6.45) is 0.644. The summed E-state index contributed by atoms with van der Waals surface area (Å²) < 4.78 is 16.0. The number of hydrogen-bond donors (Lipinski definition) is 1. The zero-order chi connectivity index (χ0) is 24.0. The molecular weight excluding hydrogens is 424 g/mol. The van der Waals surface area contributed by atoms with Gasteiger partial charge in [0.15, 0.2) is 5.76 Å². The molecule has 1 N–H and O–H groups in total. The number of carbonyl (C=O) groups excluding carboxylic acids is 1. The van der Waals surface area contributed by atoms with Gasteiger partial charge in [-0.15, -0.1) is 0 Å². The van der Waals surface area contributed by atoms with Gasteiger partial charge in [0.25, 0.3) is 0 Å². The van der Waals surface area contributed by atoms with Gasteiger partial charge in [-0.25, -0.2) is 0 Å². The molecule has 0 spiro atoms. The Balaban J connectivity index is 1.70. The first kappa shape index (κ1) is 24.6. The van der Waals surface area contributed by atoms with Crippen LogP contribution in [0.5, 0.6) is 11.5 Å². The van der Waals surface area contributed by atoms with Gasteiger partial charge in [0.1, 0.15) is 11.5 Å². The largest absolute Gasteiger partial charge is 0.502 e. The molecule has 2 aromatic rings. The van der Waals surface area contributed by atoms with E-state index < -0.39 is 23.1 Å². The number of esters is 1. The van der Waals surface area contributed by atoms with Crippen LogP contribution in [0.2, 0.25) is 0 Å². The minimum absolute atomic E-state index is 0.0508. The lowest BCUT2D eigenvalue weighted by molar-refractivity contribution is -0.141. The Kier molecular flexibility index (Phi) is 8.38. The highest BCUT2D eigenvalue weighted by molar-refractivity contribution is 5.70. The average molecular weight is 459 g/mol. The Morgan fingerprint density at radius 1 is 1.12 bits per heavy atom. The van der Waals surface area contributed by atoms with E-state index in [-0.39, 0.29) is 18.1 Å². The van der Waals surface area contributed by atoms with Crippen molar-refractivity contribution in [2.75, 3.05) is 45.3 Å². The normalized spacial score (nSPS) is 15.5. The molecule has 1 unspecified atom stereocenters. The van der Waals surface area contributed by atoms with Crippen molar-refractivity contribution in [3.05, 3.63) is 52.1 Å². The lowest BCUT2D eigenvalue weighted by Crippen LogP contribution is -2.46. The van der Waals surface area contributed by atoms with Crippen molar-refractivity contribution in [2.24, 2.45) is 5.92 Å². The van der Waals surface area contributed by atoms with Crippen molar-refractivity contribution in [1.82, 2.24) is 4.90 Å². The van der Waals surface area contributed by atoms with Crippen LogP contribution in [-0.2, 0) is 16.1 Å². The summed E-state index contributed by atoms with van der Waals surface area (Å²) in [5.41, 5.74) is 0.662. The van der Waals surface area contributed by atoms with E-state index in [1.54, 1.807) is 7.11 Å². The predicted octanol–water partition coefficient (Wildman–Crippen LogP) is 3.37. The van der Waals surface area contributed by atoms with E-state index in [2.05, 4.69) is 21.9 Å². The molecule has 8 nitrogen and oxygen atoms in total. The maximum Gasteiger partial charge on any atom is 0.306 e. The van der Waals surface area contributed by atoms with Crippen LogP contribution in [0.15, 0.2) is 39.5 Å². The average Bonchev–Trinajstić information content (AvgIpc) is 2.81. The van der Waals surface area contributed by atoms with E-state index in [0.29, 0.717) is 18.7 Å². The third-order valence-corrected chi connectivity index (χ3v) is 5.96. The molecule has 0 radical (unpaired) electrons. The second kappa shape index (κ2) is 11.2. The van der Waals surface area contributed by atoms with E-state index in [1.165, 1.54) is 13.2 Å². The van der Waals surface area contributed by atoms with Crippen LogP contribution in [0.25, 0.3) is 0 Å². The third-order valence-electron chi connectivity index (χ3n) is 5.96. The lowest BCUT2D eigenvalue weighted by Gasteiger charge is -2.36. The maximum atomic E-state index is 12.5. The summed E-state index contributed by atoms with van der Waals surface area (Å²) in [5.74, 6) is 0.507. The number of rotatable bonds is 9. The monoisotopic (exact) mass is 458 g/mol. The molecule has 180 valence electrons. The van der Waals surface area contributed by atoms with Crippen LogP contribution in [-0.4, -0.2) is 56.4 Å². The molecule has 0 saturated carbocycles. The summed E-state index contributed by atoms with van der Waals surface area (Å²) in [4.78, 5) is 28.9. The minimum Gasteiger partial charge on any atom is -0.502 e. The number of piperazine rings is 1. The summed E-state index contributed by atoms with van der Waals surface area (Å²) in [5, 5.41) is 10.4. The summed E-state index contributed by atoms with van der Waals surface area (Å²) in [6.45, 7) is 7.81. The summed E-state index contributed by atoms with van der Waals surface area (Å²) >= 11 is 0. The van der Waals surface area contributed by atoms with Gasteiger partial charge in [-0.05, 0) is 36.6 Å². The summed E-state index contributed by atoms with van der Waals surface area (Å²) in [6, 6.07) is 9.36. The van der Waals surface area contributed by atoms with E-state index in [0.717, 1.165) is 37.6 Å². The fourth-order valence-corrected chi connectivity index (χ4v) is 4.22. The van der Waals surface area contributed by atoms with Crippen molar-refractivity contribution in [3.8, 4) is 11.5 Å². The number of anilines is 1. The molecule has 0 bridgehead atoms. The second-order valence-electron chi connectivity index (χ2n) is 8.86. The Bertz CT molecular complexity index is 977. The first-order valence-corrected chi connectivity index (χ1v) is 11.3. The zero-order valence-corrected chi connectivity index (χ0v) is 19.9. The van der Waals surface area contributed by atoms with Gasteiger partial charge >= 0.3 is 5.97 Å². The number of hydrogen-bond acceptors (Lipinski definition) is 8. The standard InChI is InChI=1S/C25H34N2O6/c1-17(2)13-18(14-23(29)32-4)25-24(30)22(28)15-21(33-25)16-26-9-11-27(12-10-26)19-5-7-20(31-3)8-6-19/h5-8,15,17-18,30H,9-14,16H2,1-4H3. The molecule has 3 rings (SSSR count). The van der Waals surface area contributed by atoms with Crippen LogP contribution in [0, 0.1) is 5.92 Å². The summed E-state index contributed by atoms with van der Waals surface area (Å²) in [7, 11) is 2.98. The SMILES string of the molecule is COC(=O)CC(CC(C)C)c1oc(CN2CCN(c3ccc(OC)cc3)CC2)cc(=O)c1O. The van der Waals surface area contributed by atoms with Gasteiger partial charge in [0.05, 0.1) is 27.2 Å². The van der Waals surface area contributed by atoms with Gasteiger partial charge in [0.2, 0.25) is 11.2 Å². The van der Waals surface area contributed by atoms with E-state index in [9.17, 15) is 14.7 Å². The van der Waals surface area contributed by atoms with Crippen molar-refractivity contribution >= 4 is 11.7 Å². The van der Waals surface area contributed by atoms with Crippen LogP contribution < -0.4 is 15.1 Å². The Morgan fingerprint density at radius 2 is 1.79 bits per heavy atom. The topological polar surface area (TPSA) is 92.5 Å². The van der Waals surface area contributed by atoms with Gasteiger partial charge in [-0.2, -0.15) is 0 Å². The molecule has 1 fully saturated rings. The molecule has 1 atom stereocenters. The quantitative estimate of drug-likeness (QED) is 0.572.